The maximum Gasteiger partial charge on any atom is 0.317 e. The van der Waals surface area contributed by atoms with E-state index in [9.17, 15) is 9.59 Å². The number of esters is 1. The van der Waals surface area contributed by atoms with Gasteiger partial charge in [-0.15, -0.1) is 0 Å². The Kier molecular flexibility index (Phi) is 6.56. The molecule has 1 aliphatic heterocycles. The number of benzene rings is 2. The average Bonchev–Trinajstić information content (AvgIpc) is 3.13. The highest BCUT2D eigenvalue weighted by Crippen LogP contribution is 2.37. The Morgan fingerprint density at radius 2 is 1.81 bits per heavy atom. The van der Waals surface area contributed by atoms with Crippen LogP contribution in [0.15, 0.2) is 42.5 Å². The van der Waals surface area contributed by atoms with Crippen molar-refractivity contribution in [3.63, 3.8) is 0 Å². The number of nitrogens with zero attached hydrogens (tertiary/aromatic N) is 1. The van der Waals surface area contributed by atoms with E-state index in [1.807, 2.05) is 18.2 Å². The Morgan fingerprint density at radius 3 is 2.55 bits per heavy atom. The first-order valence-electron chi connectivity index (χ1n) is 10.8. The van der Waals surface area contributed by atoms with Crippen LogP contribution in [-0.4, -0.2) is 50.1 Å². The summed E-state index contributed by atoms with van der Waals surface area (Å²) in [5.74, 6) is -0.391. The number of ether oxygens (including phenoxy) is 3. The van der Waals surface area contributed by atoms with Crippen molar-refractivity contribution >= 4 is 11.8 Å². The van der Waals surface area contributed by atoms with Gasteiger partial charge in [0.05, 0.1) is 14.2 Å². The molecule has 1 aliphatic carbocycles. The first kappa shape index (κ1) is 21.4. The number of carbonyl (C=O) groups excluding carboxylic acids is 2. The van der Waals surface area contributed by atoms with Crippen LogP contribution in [0.5, 0.6) is 11.5 Å². The van der Waals surface area contributed by atoms with E-state index >= 15 is 0 Å². The third-order valence-corrected chi connectivity index (χ3v) is 6.30. The molecule has 4 rings (SSSR count). The van der Waals surface area contributed by atoms with Gasteiger partial charge in [-0.25, -0.2) is 0 Å². The van der Waals surface area contributed by atoms with E-state index in [4.69, 9.17) is 14.2 Å². The molecule has 0 amide bonds. The number of likely N-dealkylation sites (tertiary alicyclic amines) is 1. The summed E-state index contributed by atoms with van der Waals surface area (Å²) < 4.78 is 16.3. The third kappa shape index (κ3) is 4.59. The molecule has 2 aromatic carbocycles. The Morgan fingerprint density at radius 1 is 1.06 bits per heavy atom. The standard InChI is InChI=1S/C25H29NO5/c1-29-22-13-18-12-21(24(27)20(18)14-23(22)30-2)25(28)31-16-19-10-6-7-11-26(19)15-17-8-4-3-5-9-17/h3-5,8-9,13-14,19,21H,6-7,10-12,15-16H2,1-2H3. The number of carbonyl (C=O) groups is 2. The van der Waals surface area contributed by atoms with Gasteiger partial charge in [0.2, 0.25) is 0 Å². The molecule has 1 heterocycles. The Hall–Kier alpha value is -2.86. The summed E-state index contributed by atoms with van der Waals surface area (Å²) in [7, 11) is 3.08. The molecule has 31 heavy (non-hydrogen) atoms. The molecule has 2 aliphatic rings. The number of ketones is 1. The molecule has 1 fully saturated rings. The number of fused-ring (bicyclic) bond motifs is 1. The smallest absolute Gasteiger partial charge is 0.317 e. The van der Waals surface area contributed by atoms with Crippen molar-refractivity contribution in [3.05, 3.63) is 59.2 Å². The average molecular weight is 424 g/mol. The number of rotatable bonds is 7. The van der Waals surface area contributed by atoms with Gasteiger partial charge in [0.25, 0.3) is 0 Å². The van der Waals surface area contributed by atoms with Gasteiger partial charge < -0.3 is 14.2 Å². The van der Waals surface area contributed by atoms with Gasteiger partial charge in [0.15, 0.2) is 17.3 Å². The number of hydrogen-bond acceptors (Lipinski definition) is 6. The summed E-state index contributed by atoms with van der Waals surface area (Å²) in [6, 6.07) is 14.0. The molecule has 0 radical (unpaired) electrons. The highest BCUT2D eigenvalue weighted by Gasteiger charge is 2.38. The monoisotopic (exact) mass is 423 g/mol. The minimum absolute atomic E-state index is 0.178. The Balaban J connectivity index is 1.39. The lowest BCUT2D eigenvalue weighted by molar-refractivity contribution is -0.148. The topological polar surface area (TPSA) is 65.1 Å². The lowest BCUT2D eigenvalue weighted by Crippen LogP contribution is -2.42. The third-order valence-electron chi connectivity index (χ3n) is 6.30. The summed E-state index contributed by atoms with van der Waals surface area (Å²) in [5.41, 5.74) is 2.57. The summed E-state index contributed by atoms with van der Waals surface area (Å²) >= 11 is 0. The molecule has 1 saturated heterocycles. The Bertz CT molecular complexity index is 942. The lowest BCUT2D eigenvalue weighted by atomic mass is 10.0. The molecule has 2 atom stereocenters. The van der Waals surface area contributed by atoms with Gasteiger partial charge in [-0.2, -0.15) is 0 Å². The lowest BCUT2D eigenvalue weighted by Gasteiger charge is -2.35. The maximum absolute atomic E-state index is 12.9. The largest absolute Gasteiger partial charge is 0.493 e. The molecule has 0 saturated carbocycles. The van der Waals surface area contributed by atoms with E-state index in [0.717, 1.165) is 37.9 Å². The molecule has 6 nitrogen and oxygen atoms in total. The molecular weight excluding hydrogens is 394 g/mol. The van der Waals surface area contributed by atoms with Crippen LogP contribution in [0.2, 0.25) is 0 Å². The number of piperidine rings is 1. The molecule has 2 aromatic rings. The summed E-state index contributed by atoms with van der Waals surface area (Å²) in [6.45, 7) is 2.15. The van der Waals surface area contributed by atoms with E-state index in [2.05, 4.69) is 17.0 Å². The van der Waals surface area contributed by atoms with Crippen molar-refractivity contribution in [1.82, 2.24) is 4.90 Å². The second-order valence-corrected chi connectivity index (χ2v) is 8.22. The molecule has 2 unspecified atom stereocenters. The van der Waals surface area contributed by atoms with Gasteiger partial charge in [-0.1, -0.05) is 36.8 Å². The van der Waals surface area contributed by atoms with Crippen LogP contribution >= 0.6 is 0 Å². The number of methoxy groups -OCH3 is 2. The van der Waals surface area contributed by atoms with E-state index in [1.54, 1.807) is 19.2 Å². The molecule has 0 N–H and O–H groups in total. The van der Waals surface area contributed by atoms with E-state index in [0.29, 0.717) is 30.1 Å². The fourth-order valence-corrected chi connectivity index (χ4v) is 4.56. The van der Waals surface area contributed by atoms with Crippen LogP contribution in [0.25, 0.3) is 0 Å². The van der Waals surface area contributed by atoms with Crippen molar-refractivity contribution in [3.8, 4) is 11.5 Å². The highest BCUT2D eigenvalue weighted by molar-refractivity contribution is 6.12. The Labute approximate surface area is 183 Å². The van der Waals surface area contributed by atoms with Gasteiger partial charge in [-0.05, 0) is 49.1 Å². The SMILES string of the molecule is COc1cc2c(cc1OC)C(=O)C(C(=O)OCC1CCCCN1Cc1ccccc1)C2. The van der Waals surface area contributed by atoms with Gasteiger partial charge in [-0.3, -0.25) is 14.5 Å². The van der Waals surface area contributed by atoms with Crippen LogP contribution in [-0.2, 0) is 22.5 Å². The fourth-order valence-electron chi connectivity index (χ4n) is 4.56. The normalized spacial score (nSPS) is 20.9. The first-order chi connectivity index (χ1) is 15.1. The second kappa shape index (κ2) is 9.52. The second-order valence-electron chi connectivity index (χ2n) is 8.22. The number of Topliss-reactive ketones (excluding diaryl/α,β-unsaturated/α-hetero) is 1. The van der Waals surface area contributed by atoms with Crippen LogP contribution in [0.1, 0.15) is 40.7 Å². The molecule has 0 aromatic heterocycles. The first-order valence-corrected chi connectivity index (χ1v) is 10.8. The van der Waals surface area contributed by atoms with Gasteiger partial charge >= 0.3 is 5.97 Å². The molecule has 0 spiro atoms. The fraction of sp³-hybridized carbons (Fsp3) is 0.440. The van der Waals surface area contributed by atoms with Crippen LogP contribution in [0.4, 0.5) is 0 Å². The van der Waals surface area contributed by atoms with Crippen LogP contribution < -0.4 is 9.47 Å². The highest BCUT2D eigenvalue weighted by atomic mass is 16.5. The minimum Gasteiger partial charge on any atom is -0.493 e. The van der Waals surface area contributed by atoms with E-state index < -0.39 is 11.9 Å². The van der Waals surface area contributed by atoms with Gasteiger partial charge in [0, 0.05) is 18.2 Å². The van der Waals surface area contributed by atoms with Crippen molar-refractivity contribution in [2.75, 3.05) is 27.4 Å². The zero-order valence-electron chi connectivity index (χ0n) is 18.1. The summed E-state index contributed by atoms with van der Waals surface area (Å²) in [4.78, 5) is 28.1. The molecular formula is C25H29NO5. The zero-order chi connectivity index (χ0) is 21.8. The van der Waals surface area contributed by atoms with E-state index in [-0.39, 0.29) is 11.8 Å². The van der Waals surface area contributed by atoms with Crippen LogP contribution in [0, 0.1) is 5.92 Å². The van der Waals surface area contributed by atoms with Crippen molar-refractivity contribution in [2.45, 2.75) is 38.3 Å². The van der Waals surface area contributed by atoms with Crippen molar-refractivity contribution < 1.29 is 23.8 Å². The van der Waals surface area contributed by atoms with Crippen molar-refractivity contribution in [2.24, 2.45) is 5.92 Å². The summed E-state index contributed by atoms with van der Waals surface area (Å²) in [6.07, 6.45) is 3.61. The quantitative estimate of drug-likeness (QED) is 0.500. The predicted octanol–water partition coefficient (Wildman–Crippen LogP) is 3.66. The van der Waals surface area contributed by atoms with Gasteiger partial charge in [0.1, 0.15) is 12.5 Å². The number of hydrogen-bond donors (Lipinski definition) is 0. The molecule has 0 bridgehead atoms. The summed E-state index contributed by atoms with van der Waals surface area (Å²) in [5, 5.41) is 0. The molecule has 6 heteroatoms. The maximum atomic E-state index is 12.9. The molecule has 164 valence electrons. The van der Waals surface area contributed by atoms with E-state index in [1.165, 1.54) is 12.7 Å². The minimum atomic E-state index is -0.794. The van der Waals surface area contributed by atoms with Crippen molar-refractivity contribution in [1.29, 1.82) is 0 Å². The zero-order valence-corrected chi connectivity index (χ0v) is 18.1. The van der Waals surface area contributed by atoms with Crippen LogP contribution in [0.3, 0.4) is 0 Å². The predicted molar refractivity (Wildman–Crippen MR) is 117 cm³/mol.